The molecule has 0 unspecified atom stereocenters. The third-order valence-corrected chi connectivity index (χ3v) is 5.35. The lowest BCUT2D eigenvalue weighted by Crippen LogP contribution is -2.13. The Hall–Kier alpha value is -1.43. The van der Waals surface area contributed by atoms with E-state index in [1.807, 2.05) is 18.4 Å². The summed E-state index contributed by atoms with van der Waals surface area (Å²) in [4.78, 5) is 21.0. The summed E-state index contributed by atoms with van der Waals surface area (Å²) < 4.78 is 1.02. The molecule has 3 aromatic rings. The predicted octanol–water partition coefficient (Wildman–Crippen LogP) is 4.71. The Morgan fingerprint density at radius 2 is 2.19 bits per heavy atom. The number of hydrogen-bond donors (Lipinski definition) is 0. The van der Waals surface area contributed by atoms with Gasteiger partial charge in [0.15, 0.2) is 5.78 Å². The maximum atomic E-state index is 12.5. The zero-order valence-corrected chi connectivity index (χ0v) is 13.5. The molecule has 0 aliphatic heterocycles. The van der Waals surface area contributed by atoms with Crippen molar-refractivity contribution < 1.29 is 4.79 Å². The van der Waals surface area contributed by atoms with Crippen LogP contribution in [-0.2, 0) is 0 Å². The van der Waals surface area contributed by atoms with Crippen LogP contribution >= 0.6 is 34.7 Å². The third kappa shape index (κ3) is 3.10. The van der Waals surface area contributed by atoms with Gasteiger partial charge in [-0.2, -0.15) is 0 Å². The Kier molecular flexibility index (Phi) is 4.24. The molecule has 0 fully saturated rings. The number of carbonyl (C=O) groups is 1. The summed E-state index contributed by atoms with van der Waals surface area (Å²) in [6, 6.07) is 8.98. The van der Waals surface area contributed by atoms with Crippen LogP contribution in [0.3, 0.4) is 0 Å². The van der Waals surface area contributed by atoms with E-state index < -0.39 is 0 Å². The zero-order chi connectivity index (χ0) is 14.8. The molecule has 2 aromatic heterocycles. The maximum absolute atomic E-state index is 12.5. The third-order valence-electron chi connectivity index (χ3n) is 2.98. The average molecular weight is 335 g/mol. The summed E-state index contributed by atoms with van der Waals surface area (Å²) in [5, 5.41) is 3.16. The Bertz CT molecular complexity index is 803. The lowest BCUT2D eigenvalue weighted by Gasteiger charge is -2.10. The van der Waals surface area contributed by atoms with E-state index in [2.05, 4.69) is 9.97 Å². The number of thioether (sulfide) groups is 1. The first kappa shape index (κ1) is 14.5. The predicted molar refractivity (Wildman–Crippen MR) is 88.5 cm³/mol. The first-order valence-corrected chi connectivity index (χ1v) is 8.43. The van der Waals surface area contributed by atoms with E-state index in [4.69, 9.17) is 11.6 Å². The second kappa shape index (κ2) is 6.13. The minimum atomic E-state index is -0.233. The number of Topliss-reactive ketones (excluding diaryl/α,β-unsaturated/α-hetero) is 1. The molecule has 3 rings (SSSR count). The van der Waals surface area contributed by atoms with Crippen molar-refractivity contribution in [1.29, 1.82) is 0 Å². The van der Waals surface area contributed by atoms with Gasteiger partial charge in [-0.3, -0.25) is 4.79 Å². The van der Waals surface area contributed by atoms with Gasteiger partial charge in [-0.15, -0.1) is 11.3 Å². The molecule has 0 amide bonds. The largest absolute Gasteiger partial charge is 0.293 e. The minimum Gasteiger partial charge on any atom is -0.293 e. The van der Waals surface area contributed by atoms with E-state index in [0.717, 1.165) is 15.2 Å². The molecule has 0 aliphatic rings. The van der Waals surface area contributed by atoms with Crippen molar-refractivity contribution in [2.24, 2.45) is 0 Å². The molecule has 3 nitrogen and oxygen atoms in total. The molecule has 0 N–H and O–H groups in total. The fourth-order valence-corrected chi connectivity index (χ4v) is 4.05. The van der Waals surface area contributed by atoms with Crippen LogP contribution in [0.2, 0.25) is 5.02 Å². The first-order chi connectivity index (χ1) is 10.1. The smallest absolute Gasteiger partial charge is 0.175 e. The van der Waals surface area contributed by atoms with Crippen LogP contribution in [0.4, 0.5) is 0 Å². The fourth-order valence-electron chi connectivity index (χ4n) is 1.95. The molecular formula is C15H11ClN2OS2. The Balaban J connectivity index is 1.84. The number of carbonyl (C=O) groups excluding carboxylic acids is 1. The SMILES string of the molecule is C[C@@H](Sc1ncnc2ccsc12)C(=O)c1cccc(Cl)c1. The van der Waals surface area contributed by atoms with Gasteiger partial charge in [-0.1, -0.05) is 35.5 Å². The molecule has 2 heterocycles. The second-order valence-corrected chi connectivity index (χ2v) is 7.13. The van der Waals surface area contributed by atoms with E-state index in [-0.39, 0.29) is 11.0 Å². The summed E-state index contributed by atoms with van der Waals surface area (Å²) in [5.41, 5.74) is 1.54. The molecule has 1 atom stereocenters. The van der Waals surface area contributed by atoms with Crippen LogP contribution in [0.25, 0.3) is 10.2 Å². The lowest BCUT2D eigenvalue weighted by atomic mass is 10.1. The molecule has 0 saturated heterocycles. The second-order valence-electron chi connectivity index (χ2n) is 4.45. The number of rotatable bonds is 4. The van der Waals surface area contributed by atoms with E-state index in [1.54, 1.807) is 35.6 Å². The van der Waals surface area contributed by atoms with Crippen LogP contribution in [0.15, 0.2) is 47.1 Å². The Labute approximate surface area is 135 Å². The van der Waals surface area contributed by atoms with Crippen molar-refractivity contribution in [3.63, 3.8) is 0 Å². The van der Waals surface area contributed by atoms with Crippen molar-refractivity contribution in [2.75, 3.05) is 0 Å². The van der Waals surface area contributed by atoms with Gasteiger partial charge in [-0.05, 0) is 30.5 Å². The molecular weight excluding hydrogens is 324 g/mol. The van der Waals surface area contributed by atoms with E-state index >= 15 is 0 Å². The van der Waals surface area contributed by atoms with Crippen LogP contribution in [0.5, 0.6) is 0 Å². The summed E-state index contributed by atoms with van der Waals surface area (Å²) >= 11 is 8.98. The highest BCUT2D eigenvalue weighted by atomic mass is 35.5. The van der Waals surface area contributed by atoms with Gasteiger partial charge in [-0.25, -0.2) is 9.97 Å². The molecule has 1 aromatic carbocycles. The van der Waals surface area contributed by atoms with Gasteiger partial charge in [0.2, 0.25) is 0 Å². The number of thiophene rings is 1. The van der Waals surface area contributed by atoms with Crippen molar-refractivity contribution in [3.8, 4) is 0 Å². The summed E-state index contributed by atoms with van der Waals surface area (Å²) in [5.74, 6) is 0.0471. The van der Waals surface area contributed by atoms with Crippen LogP contribution in [0, 0.1) is 0 Å². The van der Waals surface area contributed by atoms with Crippen LogP contribution in [0.1, 0.15) is 17.3 Å². The highest BCUT2D eigenvalue weighted by molar-refractivity contribution is 8.00. The van der Waals surface area contributed by atoms with Crippen molar-refractivity contribution in [3.05, 3.63) is 52.6 Å². The first-order valence-electron chi connectivity index (χ1n) is 6.30. The zero-order valence-electron chi connectivity index (χ0n) is 11.1. The molecule has 0 aliphatic carbocycles. The molecule has 0 bridgehead atoms. The lowest BCUT2D eigenvalue weighted by molar-refractivity contribution is 0.0994. The highest BCUT2D eigenvalue weighted by Crippen LogP contribution is 2.32. The molecule has 6 heteroatoms. The average Bonchev–Trinajstić information content (AvgIpc) is 2.96. The van der Waals surface area contributed by atoms with Gasteiger partial charge >= 0.3 is 0 Å². The number of hydrogen-bond acceptors (Lipinski definition) is 5. The van der Waals surface area contributed by atoms with Crippen LogP contribution in [-0.4, -0.2) is 21.0 Å². The van der Waals surface area contributed by atoms with E-state index in [1.165, 1.54) is 18.1 Å². The molecule has 106 valence electrons. The summed E-state index contributed by atoms with van der Waals surface area (Å²) in [6.45, 7) is 1.88. The number of nitrogens with zero attached hydrogens (tertiary/aromatic N) is 2. The monoisotopic (exact) mass is 334 g/mol. The number of halogens is 1. The maximum Gasteiger partial charge on any atom is 0.175 e. The van der Waals surface area contributed by atoms with Gasteiger partial charge in [0.25, 0.3) is 0 Å². The number of aromatic nitrogens is 2. The number of fused-ring (bicyclic) bond motifs is 1. The normalized spacial score (nSPS) is 12.5. The van der Waals surface area contributed by atoms with Gasteiger partial charge in [0, 0.05) is 10.6 Å². The number of ketones is 1. The van der Waals surface area contributed by atoms with E-state index in [0.29, 0.717) is 10.6 Å². The molecule has 0 spiro atoms. The Morgan fingerprint density at radius 1 is 1.33 bits per heavy atom. The minimum absolute atomic E-state index is 0.0471. The standard InChI is InChI=1S/C15H11ClN2OS2/c1-9(13(19)10-3-2-4-11(16)7-10)21-15-14-12(5-6-20-14)17-8-18-15/h2-9H,1H3/t9-/m1/s1. The topological polar surface area (TPSA) is 42.9 Å². The quantitative estimate of drug-likeness (QED) is 0.394. The molecule has 21 heavy (non-hydrogen) atoms. The Morgan fingerprint density at radius 3 is 3.00 bits per heavy atom. The fraction of sp³-hybridized carbons (Fsp3) is 0.133. The highest BCUT2D eigenvalue weighted by Gasteiger charge is 2.19. The molecule has 0 radical (unpaired) electrons. The van der Waals surface area contributed by atoms with Gasteiger partial charge in [0.1, 0.15) is 11.4 Å². The van der Waals surface area contributed by atoms with Crippen LogP contribution < -0.4 is 0 Å². The number of benzene rings is 1. The summed E-state index contributed by atoms with van der Waals surface area (Å²) in [6.07, 6.45) is 1.54. The molecule has 0 saturated carbocycles. The van der Waals surface area contributed by atoms with Crippen molar-refractivity contribution in [1.82, 2.24) is 9.97 Å². The van der Waals surface area contributed by atoms with Gasteiger partial charge < -0.3 is 0 Å². The van der Waals surface area contributed by atoms with Crippen molar-refractivity contribution >= 4 is 50.7 Å². The summed E-state index contributed by atoms with van der Waals surface area (Å²) in [7, 11) is 0. The van der Waals surface area contributed by atoms with E-state index in [9.17, 15) is 4.79 Å². The van der Waals surface area contributed by atoms with Gasteiger partial charge in [0.05, 0.1) is 15.5 Å². The van der Waals surface area contributed by atoms with Crippen molar-refractivity contribution in [2.45, 2.75) is 17.2 Å².